The molecule has 12 heavy (non-hydrogen) atoms. The lowest BCUT2D eigenvalue weighted by atomic mass is 10.3. The summed E-state index contributed by atoms with van der Waals surface area (Å²) >= 11 is 0. The maximum Gasteiger partial charge on any atom is 0.0621 e. The molecule has 0 aliphatic heterocycles. The molecule has 2 heteroatoms. The molecule has 1 saturated carbocycles. The zero-order chi connectivity index (χ0) is 8.39. The van der Waals surface area contributed by atoms with Gasteiger partial charge in [-0.25, -0.2) is 0 Å². The lowest BCUT2D eigenvalue weighted by molar-refractivity contribution is 0.463. The highest BCUT2D eigenvalue weighted by molar-refractivity contribution is 4.99. The summed E-state index contributed by atoms with van der Waals surface area (Å²) < 4.78 is 2.16. The fourth-order valence-corrected chi connectivity index (χ4v) is 1.94. The van der Waals surface area contributed by atoms with E-state index in [4.69, 9.17) is 0 Å². The van der Waals surface area contributed by atoms with Gasteiger partial charge >= 0.3 is 0 Å². The van der Waals surface area contributed by atoms with Crippen molar-refractivity contribution in [2.75, 3.05) is 0 Å². The van der Waals surface area contributed by atoms with E-state index >= 15 is 0 Å². The summed E-state index contributed by atoms with van der Waals surface area (Å²) in [7, 11) is 0. The van der Waals surface area contributed by atoms with Crippen molar-refractivity contribution in [3.05, 3.63) is 18.0 Å². The number of aryl methyl sites for hydroxylation is 1. The molecule has 0 aromatic carbocycles. The molecular weight excluding hydrogens is 148 g/mol. The number of hydrogen-bond donors (Lipinski definition) is 0. The predicted molar refractivity (Wildman–Crippen MR) is 49.1 cm³/mol. The second-order valence-electron chi connectivity index (χ2n) is 3.58. The Hall–Kier alpha value is -0.790. The van der Waals surface area contributed by atoms with Crippen molar-refractivity contribution < 1.29 is 0 Å². The minimum absolute atomic E-state index is 0.699. The maximum atomic E-state index is 4.53. The van der Waals surface area contributed by atoms with Gasteiger partial charge in [-0.1, -0.05) is 19.8 Å². The van der Waals surface area contributed by atoms with Gasteiger partial charge in [-0.2, -0.15) is 5.10 Å². The molecule has 0 unspecified atom stereocenters. The minimum atomic E-state index is 0.699. The molecule has 0 saturated heterocycles. The van der Waals surface area contributed by atoms with Gasteiger partial charge in [0.2, 0.25) is 0 Å². The molecule has 0 bridgehead atoms. The van der Waals surface area contributed by atoms with Crippen molar-refractivity contribution in [3.63, 3.8) is 0 Å². The number of aromatic nitrogens is 2. The third-order valence-electron chi connectivity index (χ3n) is 2.72. The summed E-state index contributed by atoms with van der Waals surface area (Å²) in [6, 6.07) is 2.84. The van der Waals surface area contributed by atoms with E-state index in [0.717, 1.165) is 6.42 Å². The normalized spacial score (nSPS) is 18.8. The average molecular weight is 164 g/mol. The van der Waals surface area contributed by atoms with Crippen LogP contribution in [0.5, 0.6) is 0 Å². The quantitative estimate of drug-likeness (QED) is 0.657. The largest absolute Gasteiger partial charge is 0.269 e. The molecule has 2 nitrogen and oxygen atoms in total. The van der Waals surface area contributed by atoms with Crippen LogP contribution in [0.15, 0.2) is 12.3 Å². The van der Waals surface area contributed by atoms with Crippen LogP contribution in [0.4, 0.5) is 0 Å². The Kier molecular flexibility index (Phi) is 2.15. The summed E-state index contributed by atoms with van der Waals surface area (Å²) in [5.74, 6) is 0. The van der Waals surface area contributed by atoms with Crippen molar-refractivity contribution in [1.82, 2.24) is 9.78 Å². The Morgan fingerprint density at radius 1 is 1.50 bits per heavy atom. The van der Waals surface area contributed by atoms with E-state index in [1.165, 1.54) is 31.4 Å². The summed E-state index contributed by atoms with van der Waals surface area (Å²) in [5.41, 5.74) is 1.22. The van der Waals surface area contributed by atoms with Gasteiger partial charge in [0.1, 0.15) is 0 Å². The second kappa shape index (κ2) is 3.30. The van der Waals surface area contributed by atoms with Gasteiger partial charge in [0.15, 0.2) is 0 Å². The molecule has 0 amide bonds. The molecule has 2 rings (SSSR count). The lowest BCUT2D eigenvalue weighted by Gasteiger charge is -2.08. The molecule has 66 valence electrons. The molecule has 1 aromatic rings. The van der Waals surface area contributed by atoms with Gasteiger partial charge in [0.05, 0.1) is 11.7 Å². The van der Waals surface area contributed by atoms with Crippen LogP contribution in [0.25, 0.3) is 0 Å². The molecular formula is C10H16N2. The summed E-state index contributed by atoms with van der Waals surface area (Å²) in [4.78, 5) is 0. The van der Waals surface area contributed by atoms with Crippen molar-refractivity contribution in [2.45, 2.75) is 45.1 Å². The molecule has 1 aliphatic carbocycles. The smallest absolute Gasteiger partial charge is 0.0621 e. The number of rotatable bonds is 2. The van der Waals surface area contributed by atoms with Crippen LogP contribution in [-0.2, 0) is 6.42 Å². The van der Waals surface area contributed by atoms with Crippen LogP contribution < -0.4 is 0 Å². The molecule has 0 spiro atoms. The third kappa shape index (κ3) is 1.38. The SMILES string of the molecule is CCc1ccn(C2CCCC2)n1. The number of hydrogen-bond acceptors (Lipinski definition) is 1. The van der Waals surface area contributed by atoms with E-state index in [0.29, 0.717) is 6.04 Å². The van der Waals surface area contributed by atoms with E-state index in [2.05, 4.69) is 29.0 Å². The van der Waals surface area contributed by atoms with Gasteiger partial charge in [0, 0.05) is 6.20 Å². The molecule has 1 aliphatic rings. The summed E-state index contributed by atoms with van der Waals surface area (Å²) in [5, 5.41) is 4.53. The maximum absolute atomic E-state index is 4.53. The molecule has 1 heterocycles. The molecule has 1 aromatic heterocycles. The van der Waals surface area contributed by atoms with Crippen LogP contribution >= 0.6 is 0 Å². The average Bonchev–Trinajstić information content (AvgIpc) is 2.75. The summed E-state index contributed by atoms with van der Waals surface area (Å²) in [6.45, 7) is 2.15. The Balaban J connectivity index is 2.11. The van der Waals surface area contributed by atoms with Crippen molar-refractivity contribution in [2.24, 2.45) is 0 Å². The van der Waals surface area contributed by atoms with Crippen molar-refractivity contribution >= 4 is 0 Å². The fraction of sp³-hybridized carbons (Fsp3) is 0.700. The van der Waals surface area contributed by atoms with Gasteiger partial charge in [0.25, 0.3) is 0 Å². The van der Waals surface area contributed by atoms with Crippen molar-refractivity contribution in [1.29, 1.82) is 0 Å². The topological polar surface area (TPSA) is 17.8 Å². The summed E-state index contributed by atoms with van der Waals surface area (Å²) in [6.07, 6.45) is 8.60. The van der Waals surface area contributed by atoms with Gasteiger partial charge in [-0.3, -0.25) is 4.68 Å². The first-order valence-corrected chi connectivity index (χ1v) is 4.94. The van der Waals surface area contributed by atoms with Crippen LogP contribution in [0.1, 0.15) is 44.3 Å². The van der Waals surface area contributed by atoms with E-state index in [-0.39, 0.29) is 0 Å². The molecule has 0 radical (unpaired) electrons. The van der Waals surface area contributed by atoms with Crippen LogP contribution in [0.2, 0.25) is 0 Å². The van der Waals surface area contributed by atoms with Crippen LogP contribution in [0.3, 0.4) is 0 Å². The number of nitrogens with zero attached hydrogens (tertiary/aromatic N) is 2. The van der Waals surface area contributed by atoms with E-state index < -0.39 is 0 Å². The highest BCUT2D eigenvalue weighted by Crippen LogP contribution is 2.28. The van der Waals surface area contributed by atoms with Crippen molar-refractivity contribution in [3.8, 4) is 0 Å². The Morgan fingerprint density at radius 3 is 2.83 bits per heavy atom. The van der Waals surface area contributed by atoms with E-state index in [1.807, 2.05) is 0 Å². The molecule has 0 atom stereocenters. The standard InChI is InChI=1S/C10H16N2/c1-2-9-7-8-12(11-9)10-5-3-4-6-10/h7-8,10H,2-6H2,1H3. The van der Waals surface area contributed by atoms with Gasteiger partial charge in [-0.15, -0.1) is 0 Å². The Bertz CT molecular complexity index is 246. The third-order valence-corrected chi connectivity index (χ3v) is 2.72. The first-order valence-electron chi connectivity index (χ1n) is 4.94. The van der Waals surface area contributed by atoms with E-state index in [1.54, 1.807) is 0 Å². The van der Waals surface area contributed by atoms with Gasteiger partial charge in [-0.05, 0) is 25.3 Å². The Labute approximate surface area is 73.6 Å². The Morgan fingerprint density at radius 2 is 2.25 bits per heavy atom. The first-order chi connectivity index (χ1) is 5.90. The van der Waals surface area contributed by atoms with Gasteiger partial charge < -0.3 is 0 Å². The zero-order valence-corrected chi connectivity index (χ0v) is 7.66. The zero-order valence-electron chi connectivity index (χ0n) is 7.66. The highest BCUT2D eigenvalue weighted by Gasteiger charge is 2.16. The lowest BCUT2D eigenvalue weighted by Crippen LogP contribution is -2.05. The predicted octanol–water partition coefficient (Wildman–Crippen LogP) is 2.56. The highest BCUT2D eigenvalue weighted by atomic mass is 15.3. The fourth-order valence-electron chi connectivity index (χ4n) is 1.94. The van der Waals surface area contributed by atoms with Crippen LogP contribution in [0, 0.1) is 0 Å². The minimum Gasteiger partial charge on any atom is -0.269 e. The first kappa shape index (κ1) is 7.84. The molecule has 0 N–H and O–H groups in total. The molecule has 1 fully saturated rings. The monoisotopic (exact) mass is 164 g/mol. The second-order valence-corrected chi connectivity index (χ2v) is 3.58. The van der Waals surface area contributed by atoms with E-state index in [9.17, 15) is 0 Å². The van der Waals surface area contributed by atoms with Crippen LogP contribution in [-0.4, -0.2) is 9.78 Å².